The standard InChI is InChI=1S/C12H11Cl2N3O2/c1-2-17-11(10(6-18)15-16-17)7-19-12-4-3-8(13)5-9(12)14/h3-6H,2,7H2,1H3. The second-order valence-electron chi connectivity index (χ2n) is 3.72. The van der Waals surface area contributed by atoms with Gasteiger partial charge in [-0.3, -0.25) is 4.79 Å². The number of hydrogen-bond donors (Lipinski definition) is 0. The largest absolute Gasteiger partial charge is 0.486 e. The van der Waals surface area contributed by atoms with Crippen molar-refractivity contribution in [2.75, 3.05) is 0 Å². The molecule has 0 saturated carbocycles. The highest BCUT2D eigenvalue weighted by molar-refractivity contribution is 6.35. The van der Waals surface area contributed by atoms with Gasteiger partial charge in [0.05, 0.1) is 5.02 Å². The van der Waals surface area contributed by atoms with Crippen LogP contribution in [0.4, 0.5) is 0 Å². The molecule has 0 amide bonds. The van der Waals surface area contributed by atoms with Crippen molar-refractivity contribution in [3.8, 4) is 5.75 Å². The van der Waals surface area contributed by atoms with E-state index in [0.29, 0.717) is 34.3 Å². The van der Waals surface area contributed by atoms with Crippen molar-refractivity contribution in [3.05, 3.63) is 39.6 Å². The number of aryl methyl sites for hydroxylation is 1. The molecule has 0 aliphatic carbocycles. The number of carbonyl (C=O) groups is 1. The van der Waals surface area contributed by atoms with Gasteiger partial charge >= 0.3 is 0 Å². The van der Waals surface area contributed by atoms with Gasteiger partial charge in [0.1, 0.15) is 18.1 Å². The molecule has 7 heteroatoms. The van der Waals surface area contributed by atoms with Crippen LogP contribution in [0.2, 0.25) is 10.0 Å². The number of benzene rings is 1. The first-order valence-electron chi connectivity index (χ1n) is 5.61. The fourth-order valence-corrected chi connectivity index (χ4v) is 2.04. The van der Waals surface area contributed by atoms with Crippen molar-refractivity contribution in [2.24, 2.45) is 0 Å². The topological polar surface area (TPSA) is 57.0 Å². The Balaban J connectivity index is 2.18. The van der Waals surface area contributed by atoms with Gasteiger partial charge in [-0.15, -0.1) is 5.10 Å². The lowest BCUT2D eigenvalue weighted by molar-refractivity contribution is 0.111. The summed E-state index contributed by atoms with van der Waals surface area (Å²) in [6, 6.07) is 4.94. The third-order valence-electron chi connectivity index (χ3n) is 2.54. The number of rotatable bonds is 5. The molecule has 0 N–H and O–H groups in total. The van der Waals surface area contributed by atoms with Crippen molar-refractivity contribution in [1.29, 1.82) is 0 Å². The van der Waals surface area contributed by atoms with E-state index in [1.807, 2.05) is 6.92 Å². The molecule has 0 saturated heterocycles. The molecule has 2 rings (SSSR count). The zero-order valence-electron chi connectivity index (χ0n) is 10.1. The normalized spacial score (nSPS) is 10.5. The van der Waals surface area contributed by atoms with E-state index in [9.17, 15) is 4.79 Å². The van der Waals surface area contributed by atoms with Gasteiger partial charge in [0.2, 0.25) is 0 Å². The van der Waals surface area contributed by atoms with Crippen LogP contribution < -0.4 is 4.74 Å². The quantitative estimate of drug-likeness (QED) is 0.797. The monoisotopic (exact) mass is 299 g/mol. The Labute approximate surface area is 120 Å². The van der Waals surface area contributed by atoms with Crippen molar-refractivity contribution in [2.45, 2.75) is 20.1 Å². The summed E-state index contributed by atoms with van der Waals surface area (Å²) in [6.07, 6.45) is 0.654. The van der Waals surface area contributed by atoms with Crippen molar-refractivity contribution in [3.63, 3.8) is 0 Å². The fraction of sp³-hybridized carbons (Fsp3) is 0.250. The molecule has 0 bridgehead atoms. The number of nitrogens with zero attached hydrogens (tertiary/aromatic N) is 3. The molecule has 1 aromatic heterocycles. The molecule has 5 nitrogen and oxygen atoms in total. The second-order valence-corrected chi connectivity index (χ2v) is 4.56. The van der Waals surface area contributed by atoms with E-state index >= 15 is 0 Å². The first-order chi connectivity index (χ1) is 9.15. The van der Waals surface area contributed by atoms with Gasteiger partial charge < -0.3 is 4.74 Å². The predicted molar refractivity (Wildman–Crippen MR) is 71.9 cm³/mol. The smallest absolute Gasteiger partial charge is 0.172 e. The Morgan fingerprint density at radius 2 is 2.21 bits per heavy atom. The fourth-order valence-electron chi connectivity index (χ4n) is 1.58. The molecule has 0 spiro atoms. The predicted octanol–water partition coefficient (Wildman–Crippen LogP) is 3.00. The zero-order chi connectivity index (χ0) is 13.8. The first-order valence-corrected chi connectivity index (χ1v) is 6.36. The van der Waals surface area contributed by atoms with Crippen LogP contribution in [0.3, 0.4) is 0 Å². The van der Waals surface area contributed by atoms with Gasteiger partial charge in [-0.2, -0.15) is 0 Å². The molecule has 2 aromatic rings. The third kappa shape index (κ3) is 3.05. The number of ether oxygens (including phenoxy) is 1. The maximum Gasteiger partial charge on any atom is 0.172 e. The number of halogens is 2. The van der Waals surface area contributed by atoms with Gasteiger partial charge in [0.15, 0.2) is 12.0 Å². The van der Waals surface area contributed by atoms with E-state index in [4.69, 9.17) is 27.9 Å². The van der Waals surface area contributed by atoms with Crippen LogP contribution in [0.25, 0.3) is 0 Å². The van der Waals surface area contributed by atoms with Crippen molar-refractivity contribution >= 4 is 29.5 Å². The molecule has 0 radical (unpaired) electrons. The lowest BCUT2D eigenvalue weighted by atomic mass is 10.3. The Hall–Kier alpha value is -1.59. The molecule has 100 valence electrons. The summed E-state index contributed by atoms with van der Waals surface area (Å²) in [5.74, 6) is 0.492. The molecular formula is C12H11Cl2N3O2. The minimum absolute atomic E-state index is 0.163. The van der Waals surface area contributed by atoms with Gasteiger partial charge in [0.25, 0.3) is 0 Å². The van der Waals surface area contributed by atoms with Crippen LogP contribution in [0, 0.1) is 0 Å². The number of carbonyl (C=O) groups excluding carboxylic acids is 1. The molecule has 0 fully saturated rings. The van der Waals surface area contributed by atoms with Gasteiger partial charge in [-0.25, -0.2) is 4.68 Å². The summed E-state index contributed by atoms with van der Waals surface area (Å²) in [5.41, 5.74) is 0.885. The van der Waals surface area contributed by atoms with Crippen LogP contribution in [0.5, 0.6) is 5.75 Å². The first kappa shape index (κ1) is 13.8. The van der Waals surface area contributed by atoms with Crippen molar-refractivity contribution < 1.29 is 9.53 Å². The second kappa shape index (κ2) is 6.04. The summed E-state index contributed by atoms with van der Waals surface area (Å²) in [7, 11) is 0. The third-order valence-corrected chi connectivity index (χ3v) is 3.07. The van der Waals surface area contributed by atoms with Crippen LogP contribution in [0.15, 0.2) is 18.2 Å². The minimum Gasteiger partial charge on any atom is -0.486 e. The lowest BCUT2D eigenvalue weighted by Crippen LogP contribution is -2.08. The number of aldehydes is 1. The van der Waals surface area contributed by atoms with E-state index in [-0.39, 0.29) is 12.3 Å². The van der Waals surface area contributed by atoms with Crippen molar-refractivity contribution in [1.82, 2.24) is 15.0 Å². The molecular weight excluding hydrogens is 289 g/mol. The zero-order valence-corrected chi connectivity index (χ0v) is 11.6. The summed E-state index contributed by atoms with van der Waals surface area (Å²) in [6.45, 7) is 2.67. The molecule has 1 heterocycles. The number of hydrogen-bond acceptors (Lipinski definition) is 4. The highest BCUT2D eigenvalue weighted by atomic mass is 35.5. The highest BCUT2D eigenvalue weighted by Crippen LogP contribution is 2.28. The van der Waals surface area contributed by atoms with Crippen LogP contribution in [0.1, 0.15) is 23.1 Å². The lowest BCUT2D eigenvalue weighted by Gasteiger charge is -2.09. The summed E-state index contributed by atoms with van der Waals surface area (Å²) < 4.78 is 7.18. The number of aromatic nitrogens is 3. The van der Waals surface area contributed by atoms with E-state index in [0.717, 1.165) is 0 Å². The van der Waals surface area contributed by atoms with Gasteiger partial charge in [-0.1, -0.05) is 28.4 Å². The Morgan fingerprint density at radius 1 is 1.42 bits per heavy atom. The molecule has 0 atom stereocenters. The van der Waals surface area contributed by atoms with E-state index in [2.05, 4.69) is 10.3 Å². The SMILES string of the molecule is CCn1nnc(C=O)c1COc1ccc(Cl)cc1Cl. The molecule has 1 aromatic carbocycles. The Kier molecular flexibility index (Phi) is 4.39. The van der Waals surface area contributed by atoms with Crippen LogP contribution >= 0.6 is 23.2 Å². The summed E-state index contributed by atoms with van der Waals surface area (Å²) >= 11 is 11.8. The summed E-state index contributed by atoms with van der Waals surface area (Å²) in [5, 5.41) is 8.57. The maximum absolute atomic E-state index is 10.9. The molecule has 19 heavy (non-hydrogen) atoms. The minimum atomic E-state index is 0.163. The van der Waals surface area contributed by atoms with E-state index < -0.39 is 0 Å². The summed E-state index contributed by atoms with van der Waals surface area (Å²) in [4.78, 5) is 10.9. The maximum atomic E-state index is 10.9. The average molecular weight is 300 g/mol. The highest BCUT2D eigenvalue weighted by Gasteiger charge is 2.12. The van der Waals surface area contributed by atoms with E-state index in [1.165, 1.54) is 0 Å². The Morgan fingerprint density at radius 3 is 2.84 bits per heavy atom. The average Bonchev–Trinajstić information content (AvgIpc) is 2.79. The molecule has 0 aliphatic heterocycles. The molecule has 0 aliphatic rings. The Bertz CT molecular complexity index is 599. The van der Waals surface area contributed by atoms with Gasteiger partial charge in [0, 0.05) is 11.6 Å². The van der Waals surface area contributed by atoms with Crippen LogP contribution in [-0.2, 0) is 13.2 Å². The van der Waals surface area contributed by atoms with Crippen LogP contribution in [-0.4, -0.2) is 21.3 Å². The van der Waals surface area contributed by atoms with E-state index in [1.54, 1.807) is 22.9 Å². The van der Waals surface area contributed by atoms with Gasteiger partial charge in [-0.05, 0) is 25.1 Å². The molecule has 0 unspecified atom stereocenters.